The number of aromatic nitrogens is 1. The summed E-state index contributed by atoms with van der Waals surface area (Å²) in [5.74, 6) is -3.04. The number of pyridine rings is 1. The molecule has 1 aromatic heterocycles. The first-order valence-corrected chi connectivity index (χ1v) is 9.70. The van der Waals surface area contributed by atoms with Crippen LogP contribution in [0.25, 0.3) is 10.9 Å². The number of hydrogen-bond donors (Lipinski definition) is 3. The van der Waals surface area contributed by atoms with Gasteiger partial charge in [-0.2, -0.15) is 0 Å². The minimum Gasteiger partial charge on any atom is -0.506 e. The number of nitrogens with zero attached hydrogens (tertiary/aromatic N) is 1. The van der Waals surface area contributed by atoms with Crippen LogP contribution in [0.3, 0.4) is 0 Å². The van der Waals surface area contributed by atoms with Crippen molar-refractivity contribution in [2.24, 2.45) is 0 Å². The van der Waals surface area contributed by atoms with E-state index < -0.39 is 51.2 Å². The third-order valence-corrected chi connectivity index (χ3v) is 5.18. The summed E-state index contributed by atoms with van der Waals surface area (Å²) in [7, 11) is -3.67. The summed E-state index contributed by atoms with van der Waals surface area (Å²) in [6.45, 7) is 0.981. The van der Waals surface area contributed by atoms with Gasteiger partial charge >= 0.3 is 5.97 Å². The van der Waals surface area contributed by atoms with E-state index in [1.54, 1.807) is 6.92 Å². The zero-order valence-corrected chi connectivity index (χ0v) is 15.2. The first-order valence-electron chi connectivity index (χ1n) is 7.81. The summed E-state index contributed by atoms with van der Waals surface area (Å²) in [4.78, 5) is 35.5. The number of sulfone groups is 1. The number of benzene rings is 1. The highest BCUT2D eigenvalue weighted by Gasteiger charge is 2.29. The second-order valence-electron chi connectivity index (χ2n) is 6.23. The maximum Gasteiger partial charge on any atom is 0.322 e. The first kappa shape index (κ1) is 18.7. The van der Waals surface area contributed by atoms with Crippen molar-refractivity contribution in [2.45, 2.75) is 24.5 Å². The molecule has 1 amide bonds. The van der Waals surface area contributed by atoms with Crippen molar-refractivity contribution in [3.8, 4) is 11.5 Å². The summed E-state index contributed by atoms with van der Waals surface area (Å²) in [6.07, 6.45) is 0.480. The van der Waals surface area contributed by atoms with E-state index in [4.69, 9.17) is 9.84 Å². The van der Waals surface area contributed by atoms with E-state index in [0.29, 0.717) is 0 Å². The maximum atomic E-state index is 12.8. The van der Waals surface area contributed by atoms with Crippen molar-refractivity contribution in [2.75, 3.05) is 12.8 Å². The number of aromatic hydroxyl groups is 1. The summed E-state index contributed by atoms with van der Waals surface area (Å²) < 4.78 is 30.7. The molecule has 1 atom stereocenters. The lowest BCUT2D eigenvalue weighted by Crippen LogP contribution is -2.39. The average Bonchev–Trinajstić information content (AvgIpc) is 2.56. The lowest BCUT2D eigenvalue weighted by atomic mass is 10.1. The molecule has 0 saturated carbocycles. The van der Waals surface area contributed by atoms with Crippen LogP contribution < -0.4 is 15.6 Å². The van der Waals surface area contributed by atoms with Crippen molar-refractivity contribution in [1.82, 2.24) is 9.88 Å². The monoisotopic (exact) mass is 396 g/mol. The summed E-state index contributed by atoms with van der Waals surface area (Å²) in [5.41, 5.74) is -1.32. The van der Waals surface area contributed by atoms with Crippen molar-refractivity contribution < 1.29 is 33.0 Å². The molecule has 0 radical (unpaired) electrons. The maximum absolute atomic E-state index is 12.8. The van der Waals surface area contributed by atoms with Gasteiger partial charge in [0.1, 0.15) is 29.7 Å². The van der Waals surface area contributed by atoms with Crippen LogP contribution in [-0.4, -0.2) is 54.0 Å². The number of hydrogen-bond acceptors (Lipinski definition) is 7. The molecule has 144 valence electrons. The Morgan fingerprint density at radius 1 is 1.37 bits per heavy atom. The number of carbonyl (C=O) groups is 2. The third-order valence-electron chi connectivity index (χ3n) is 4.09. The molecule has 1 aromatic carbocycles. The van der Waals surface area contributed by atoms with Crippen molar-refractivity contribution in [3.05, 3.63) is 28.0 Å². The number of carbonyl (C=O) groups excluding carboxylic acids is 1. The van der Waals surface area contributed by atoms with Gasteiger partial charge in [-0.1, -0.05) is 0 Å². The fourth-order valence-corrected chi connectivity index (χ4v) is 3.61. The second kappa shape index (κ2) is 6.27. The normalized spacial score (nSPS) is 16.0. The van der Waals surface area contributed by atoms with Crippen molar-refractivity contribution in [3.63, 3.8) is 0 Å². The van der Waals surface area contributed by atoms with Gasteiger partial charge in [-0.25, -0.2) is 8.42 Å². The third kappa shape index (κ3) is 3.21. The molecule has 1 unspecified atom stereocenters. The molecule has 3 rings (SSSR count). The second-order valence-corrected chi connectivity index (χ2v) is 8.25. The highest BCUT2D eigenvalue weighted by Crippen LogP contribution is 2.37. The van der Waals surface area contributed by atoms with Crippen molar-refractivity contribution in [1.29, 1.82) is 0 Å². The molecular formula is C16H16N2O8S. The molecule has 2 aromatic rings. The predicted molar refractivity (Wildman–Crippen MR) is 93.0 cm³/mol. The molecule has 0 fully saturated rings. The van der Waals surface area contributed by atoms with Gasteiger partial charge in [0.25, 0.3) is 11.5 Å². The molecular weight excluding hydrogens is 380 g/mol. The summed E-state index contributed by atoms with van der Waals surface area (Å²) >= 11 is 0. The number of carboxylic acid groups (broad SMARTS) is 1. The average molecular weight is 396 g/mol. The fraction of sp³-hybridized carbons (Fsp3) is 0.312. The topological polar surface area (TPSA) is 152 Å². The smallest absolute Gasteiger partial charge is 0.322 e. The summed E-state index contributed by atoms with van der Waals surface area (Å²) in [6, 6.07) is 2.40. The molecule has 10 nitrogen and oxygen atoms in total. The molecule has 0 aliphatic carbocycles. The van der Waals surface area contributed by atoms with Gasteiger partial charge in [-0.15, -0.1) is 0 Å². The Labute approximate surface area is 152 Å². The number of rotatable bonds is 4. The quantitative estimate of drug-likeness (QED) is 0.637. The number of ether oxygens (including phenoxy) is 1. The molecule has 0 saturated heterocycles. The largest absolute Gasteiger partial charge is 0.506 e. The van der Waals surface area contributed by atoms with Gasteiger partial charge in [0, 0.05) is 17.7 Å². The van der Waals surface area contributed by atoms with E-state index in [0.717, 1.165) is 12.3 Å². The standard InChI is InChI=1S/C16H16N2O8S/c1-7-6-18-13-9(3-8(27(2,24)25)4-10(13)26-7)14(21)12(16(18)23)15(22)17-5-11(19)20/h3-4,7,21H,5-6H2,1-2H3,(H,17,22)(H,19,20). The molecule has 2 heterocycles. The van der Waals surface area contributed by atoms with Crippen LogP contribution in [0.1, 0.15) is 17.3 Å². The fourth-order valence-electron chi connectivity index (χ4n) is 2.95. The van der Waals surface area contributed by atoms with Crippen LogP contribution in [0.2, 0.25) is 0 Å². The number of nitrogens with one attached hydrogen (secondary N) is 1. The Morgan fingerprint density at radius 2 is 2.04 bits per heavy atom. The SMILES string of the molecule is CC1Cn2c(=O)c(C(=O)NCC(=O)O)c(O)c3cc(S(C)(=O)=O)cc(c32)O1. The molecule has 0 spiro atoms. The van der Waals surface area contributed by atoms with Crippen LogP contribution in [0.4, 0.5) is 0 Å². The van der Waals surface area contributed by atoms with Crippen molar-refractivity contribution >= 4 is 32.6 Å². The minimum atomic E-state index is -3.67. The summed E-state index contributed by atoms with van der Waals surface area (Å²) in [5, 5.41) is 21.2. The number of aliphatic carboxylic acids is 1. The van der Waals surface area contributed by atoms with E-state index in [-0.39, 0.29) is 28.1 Å². The van der Waals surface area contributed by atoms with E-state index in [1.807, 2.05) is 5.32 Å². The van der Waals surface area contributed by atoms with Crippen LogP contribution in [0, 0.1) is 0 Å². The van der Waals surface area contributed by atoms with Gasteiger partial charge in [0.05, 0.1) is 17.0 Å². The highest BCUT2D eigenvalue weighted by molar-refractivity contribution is 7.90. The zero-order chi connectivity index (χ0) is 20.1. The van der Waals surface area contributed by atoms with E-state index in [9.17, 15) is 27.9 Å². The minimum absolute atomic E-state index is 0.0556. The number of carboxylic acids is 1. The zero-order valence-electron chi connectivity index (χ0n) is 14.3. The van der Waals surface area contributed by atoms with E-state index >= 15 is 0 Å². The van der Waals surface area contributed by atoms with Gasteiger partial charge < -0.3 is 24.8 Å². The molecule has 11 heteroatoms. The van der Waals surface area contributed by atoms with Gasteiger partial charge in [-0.05, 0) is 13.0 Å². The van der Waals surface area contributed by atoms with Crippen LogP contribution >= 0.6 is 0 Å². The molecule has 3 N–H and O–H groups in total. The van der Waals surface area contributed by atoms with Gasteiger partial charge in [0.15, 0.2) is 9.84 Å². The molecule has 1 aliphatic rings. The Hall–Kier alpha value is -3.08. The first-order chi connectivity index (χ1) is 12.5. The number of amides is 1. The Morgan fingerprint density at radius 3 is 2.63 bits per heavy atom. The Balaban J connectivity index is 2.36. The van der Waals surface area contributed by atoms with Gasteiger partial charge in [0.2, 0.25) is 0 Å². The predicted octanol–water partition coefficient (Wildman–Crippen LogP) is -0.294. The highest BCUT2D eigenvalue weighted by atomic mass is 32.2. The lowest BCUT2D eigenvalue weighted by molar-refractivity contribution is -0.135. The van der Waals surface area contributed by atoms with Crippen LogP contribution in [0.5, 0.6) is 11.5 Å². The van der Waals surface area contributed by atoms with E-state index in [1.165, 1.54) is 10.6 Å². The van der Waals surface area contributed by atoms with E-state index in [2.05, 4.69) is 0 Å². The Bertz CT molecular complexity index is 1150. The molecule has 27 heavy (non-hydrogen) atoms. The van der Waals surface area contributed by atoms with Crippen LogP contribution in [0.15, 0.2) is 21.8 Å². The Kier molecular flexibility index (Phi) is 4.34. The molecule has 1 aliphatic heterocycles. The lowest BCUT2D eigenvalue weighted by Gasteiger charge is -2.27. The van der Waals surface area contributed by atoms with Crippen LogP contribution in [-0.2, 0) is 21.2 Å². The van der Waals surface area contributed by atoms with Gasteiger partial charge in [-0.3, -0.25) is 14.4 Å². The molecule has 0 bridgehead atoms.